The van der Waals surface area contributed by atoms with Crippen molar-refractivity contribution in [1.82, 2.24) is 4.98 Å². The van der Waals surface area contributed by atoms with Crippen molar-refractivity contribution in [3.05, 3.63) is 74.4 Å². The molecule has 0 bridgehead atoms. The van der Waals surface area contributed by atoms with Crippen molar-refractivity contribution in [2.75, 3.05) is 11.9 Å². The number of carboxylic acids is 1. The molecule has 0 saturated heterocycles. The number of para-hydroxylation sites is 1. The fraction of sp³-hybridized carbons (Fsp3) is 0.261. The number of anilines is 1. The van der Waals surface area contributed by atoms with Crippen molar-refractivity contribution in [2.24, 2.45) is 0 Å². The zero-order valence-corrected chi connectivity index (χ0v) is 17.2. The molecule has 7 nitrogen and oxygen atoms in total. The van der Waals surface area contributed by atoms with Gasteiger partial charge in [-0.15, -0.1) is 0 Å². The average Bonchev–Trinajstić information content (AvgIpc) is 2.69. The summed E-state index contributed by atoms with van der Waals surface area (Å²) in [5.41, 5.74) is 3.70. The number of hydrogen-bond acceptors (Lipinski definition) is 6. The Morgan fingerprint density at radius 2 is 2.07 bits per heavy atom. The molecular weight excluding hydrogens is 384 g/mol. The topological polar surface area (TPSA) is 102 Å². The van der Waals surface area contributed by atoms with Crippen molar-refractivity contribution in [1.29, 1.82) is 0 Å². The van der Waals surface area contributed by atoms with E-state index in [0.29, 0.717) is 46.0 Å². The summed E-state index contributed by atoms with van der Waals surface area (Å²) < 4.78 is 11.7. The van der Waals surface area contributed by atoms with Crippen LogP contribution in [0.2, 0.25) is 0 Å². The number of fused-ring (bicyclic) bond motifs is 2. The van der Waals surface area contributed by atoms with Gasteiger partial charge in [-0.3, -0.25) is 4.79 Å². The maximum atomic E-state index is 12.5. The lowest BCUT2D eigenvalue weighted by Crippen LogP contribution is -2.25. The summed E-state index contributed by atoms with van der Waals surface area (Å²) in [7, 11) is 0. The first kappa shape index (κ1) is 19.7. The molecule has 3 aromatic rings. The molecule has 1 aliphatic rings. The third-order valence-corrected chi connectivity index (χ3v) is 5.29. The normalized spacial score (nSPS) is 15.7. The van der Waals surface area contributed by atoms with Gasteiger partial charge in [0.05, 0.1) is 34.7 Å². The van der Waals surface area contributed by atoms with E-state index in [2.05, 4.69) is 10.3 Å². The quantitative estimate of drug-likeness (QED) is 0.672. The second kappa shape index (κ2) is 7.33. The predicted octanol–water partition coefficient (Wildman–Crippen LogP) is 4.12. The van der Waals surface area contributed by atoms with Gasteiger partial charge in [-0.1, -0.05) is 12.1 Å². The Bertz CT molecular complexity index is 1270. The molecule has 0 aliphatic carbocycles. The van der Waals surface area contributed by atoms with Crippen LogP contribution in [-0.4, -0.2) is 22.7 Å². The molecule has 1 aromatic carbocycles. The molecule has 30 heavy (non-hydrogen) atoms. The molecule has 4 rings (SSSR count). The van der Waals surface area contributed by atoms with Gasteiger partial charge in [0.15, 0.2) is 5.43 Å². The maximum absolute atomic E-state index is 12.5. The molecule has 7 heteroatoms. The van der Waals surface area contributed by atoms with E-state index in [0.717, 1.165) is 11.3 Å². The summed E-state index contributed by atoms with van der Waals surface area (Å²) in [5.74, 6) is -0.971. The monoisotopic (exact) mass is 406 g/mol. The van der Waals surface area contributed by atoms with E-state index in [1.54, 1.807) is 38.2 Å². The Kier molecular flexibility index (Phi) is 4.81. The van der Waals surface area contributed by atoms with Crippen molar-refractivity contribution in [2.45, 2.75) is 33.6 Å². The summed E-state index contributed by atoms with van der Waals surface area (Å²) in [4.78, 5) is 29.3. The summed E-state index contributed by atoms with van der Waals surface area (Å²) in [6.07, 6.45) is 1.69. The first-order valence-corrected chi connectivity index (χ1v) is 9.70. The molecule has 0 saturated carbocycles. The molecule has 1 unspecified atom stereocenters. The molecule has 1 atom stereocenters. The third-order valence-electron chi connectivity index (χ3n) is 5.29. The first-order valence-electron chi connectivity index (χ1n) is 9.70. The molecule has 2 N–H and O–H groups in total. The van der Waals surface area contributed by atoms with Crippen LogP contribution in [-0.2, 0) is 4.79 Å². The van der Waals surface area contributed by atoms with E-state index in [1.807, 2.05) is 13.8 Å². The minimum absolute atomic E-state index is 0.160. The van der Waals surface area contributed by atoms with Crippen LogP contribution in [0.15, 0.2) is 50.9 Å². The number of hydrogen-bond donors (Lipinski definition) is 2. The molecule has 1 aliphatic heterocycles. The number of nitrogens with zero attached hydrogens (tertiary/aromatic N) is 1. The SMILES string of the molecule is CCOc1ncc(C)c2c1C(c1cccc3c(=O)cc(C)oc13)C(C(=O)O)=C(C)N2. The lowest BCUT2D eigenvalue weighted by Gasteiger charge is -2.31. The van der Waals surface area contributed by atoms with Crippen molar-refractivity contribution >= 4 is 22.6 Å². The van der Waals surface area contributed by atoms with Crippen LogP contribution >= 0.6 is 0 Å². The maximum Gasteiger partial charge on any atom is 0.334 e. The number of aryl methyl sites for hydroxylation is 2. The number of benzene rings is 1. The van der Waals surface area contributed by atoms with Crippen LogP contribution in [0, 0.1) is 13.8 Å². The smallest absolute Gasteiger partial charge is 0.334 e. The summed E-state index contributed by atoms with van der Waals surface area (Å²) in [6.45, 7) is 7.55. The van der Waals surface area contributed by atoms with Crippen LogP contribution in [0.5, 0.6) is 5.88 Å². The van der Waals surface area contributed by atoms with Gasteiger partial charge >= 0.3 is 5.97 Å². The van der Waals surface area contributed by atoms with E-state index >= 15 is 0 Å². The number of aromatic nitrogens is 1. The lowest BCUT2D eigenvalue weighted by molar-refractivity contribution is -0.132. The fourth-order valence-corrected chi connectivity index (χ4v) is 4.05. The van der Waals surface area contributed by atoms with Gasteiger partial charge in [0.1, 0.15) is 11.3 Å². The molecule has 0 spiro atoms. The third kappa shape index (κ3) is 3.03. The molecule has 2 aromatic heterocycles. The predicted molar refractivity (Wildman–Crippen MR) is 113 cm³/mol. The second-order valence-electron chi connectivity index (χ2n) is 7.32. The van der Waals surface area contributed by atoms with E-state index in [9.17, 15) is 14.7 Å². The highest BCUT2D eigenvalue weighted by Crippen LogP contribution is 2.48. The van der Waals surface area contributed by atoms with Gasteiger partial charge < -0.3 is 19.6 Å². The van der Waals surface area contributed by atoms with Crippen LogP contribution in [0.25, 0.3) is 11.0 Å². The van der Waals surface area contributed by atoms with Crippen molar-refractivity contribution in [3.8, 4) is 5.88 Å². The van der Waals surface area contributed by atoms with Crippen molar-refractivity contribution in [3.63, 3.8) is 0 Å². The number of rotatable bonds is 4. The zero-order chi connectivity index (χ0) is 21.6. The zero-order valence-electron chi connectivity index (χ0n) is 17.2. The largest absolute Gasteiger partial charge is 0.478 e. The second-order valence-corrected chi connectivity index (χ2v) is 7.32. The minimum Gasteiger partial charge on any atom is -0.478 e. The molecule has 154 valence electrons. The standard InChI is InChI=1S/C23H22N2O5/c1-5-29-22-19-18(15-8-6-7-14-16(26)9-12(3)30-21(14)15)17(23(27)28)13(4)25-20(19)11(2)10-24-22/h6-10,18,25H,5H2,1-4H3,(H,27,28). The number of nitrogens with one attached hydrogen (secondary N) is 1. The number of pyridine rings is 1. The van der Waals surface area contributed by atoms with Gasteiger partial charge in [-0.25, -0.2) is 9.78 Å². The van der Waals surface area contributed by atoms with E-state index in [1.165, 1.54) is 6.07 Å². The van der Waals surface area contributed by atoms with Gasteiger partial charge in [0.2, 0.25) is 5.88 Å². The highest BCUT2D eigenvalue weighted by atomic mass is 16.5. The fourth-order valence-electron chi connectivity index (χ4n) is 4.05. The number of allylic oxidation sites excluding steroid dienone is 1. The van der Waals surface area contributed by atoms with E-state index < -0.39 is 11.9 Å². The van der Waals surface area contributed by atoms with Gasteiger partial charge in [-0.2, -0.15) is 0 Å². The molecule has 0 amide bonds. The Morgan fingerprint density at radius 1 is 1.30 bits per heavy atom. The Morgan fingerprint density at radius 3 is 2.77 bits per heavy atom. The minimum atomic E-state index is -1.06. The van der Waals surface area contributed by atoms with Gasteiger partial charge in [0, 0.05) is 23.5 Å². The Balaban J connectivity index is 2.14. The van der Waals surface area contributed by atoms with Crippen molar-refractivity contribution < 1.29 is 19.1 Å². The highest BCUT2D eigenvalue weighted by molar-refractivity contribution is 5.96. The Hall–Kier alpha value is -3.61. The van der Waals surface area contributed by atoms with Crippen LogP contribution in [0.4, 0.5) is 5.69 Å². The molecule has 0 radical (unpaired) electrons. The van der Waals surface area contributed by atoms with Gasteiger partial charge in [0.25, 0.3) is 0 Å². The number of carbonyl (C=O) groups is 1. The van der Waals surface area contributed by atoms with Gasteiger partial charge in [-0.05, 0) is 39.3 Å². The summed E-state index contributed by atoms with van der Waals surface area (Å²) in [6, 6.07) is 6.64. The lowest BCUT2D eigenvalue weighted by atomic mass is 9.80. The highest BCUT2D eigenvalue weighted by Gasteiger charge is 2.37. The summed E-state index contributed by atoms with van der Waals surface area (Å²) >= 11 is 0. The number of aliphatic carboxylic acids is 1. The molecular formula is C23H22N2O5. The van der Waals surface area contributed by atoms with E-state index in [-0.39, 0.29) is 11.0 Å². The van der Waals surface area contributed by atoms with E-state index in [4.69, 9.17) is 9.15 Å². The number of carboxylic acid groups (broad SMARTS) is 1. The first-order chi connectivity index (χ1) is 14.3. The van der Waals surface area contributed by atoms with Crippen LogP contribution < -0.4 is 15.5 Å². The number of ether oxygens (including phenoxy) is 1. The van der Waals surface area contributed by atoms with Crippen LogP contribution in [0.1, 0.15) is 42.2 Å². The molecule has 0 fully saturated rings. The summed E-state index contributed by atoms with van der Waals surface area (Å²) in [5, 5.41) is 13.7. The average molecular weight is 406 g/mol. The Labute approximate surface area is 173 Å². The van der Waals surface area contributed by atoms with Crippen LogP contribution in [0.3, 0.4) is 0 Å². The molecule has 3 heterocycles.